The quantitative estimate of drug-likeness (QED) is 0.392. The van der Waals surface area contributed by atoms with Gasteiger partial charge in [-0.15, -0.1) is 0 Å². The summed E-state index contributed by atoms with van der Waals surface area (Å²) in [5, 5.41) is 4.44. The Labute approximate surface area is 185 Å². The molecule has 0 saturated heterocycles. The van der Waals surface area contributed by atoms with Gasteiger partial charge >= 0.3 is 0 Å². The largest absolute Gasteiger partial charge is 0.351 e. The van der Waals surface area contributed by atoms with Crippen molar-refractivity contribution >= 4 is 40.3 Å². The van der Waals surface area contributed by atoms with Crippen LogP contribution in [0.25, 0.3) is 11.0 Å². The maximum absolute atomic E-state index is 12.4. The minimum atomic E-state index is -0.0471. The van der Waals surface area contributed by atoms with Gasteiger partial charge in [0.05, 0.1) is 23.3 Å². The van der Waals surface area contributed by atoms with Crippen LogP contribution in [0.1, 0.15) is 16.7 Å². The van der Waals surface area contributed by atoms with Crippen molar-refractivity contribution in [3.63, 3.8) is 0 Å². The predicted molar refractivity (Wildman–Crippen MR) is 124 cm³/mol. The first-order chi connectivity index (χ1) is 14.6. The topological polar surface area (TPSA) is 46.9 Å². The van der Waals surface area contributed by atoms with Crippen molar-refractivity contribution in [1.82, 2.24) is 14.9 Å². The third kappa shape index (κ3) is 4.86. The zero-order valence-corrected chi connectivity index (χ0v) is 18.2. The molecule has 4 aromatic rings. The first-order valence-electron chi connectivity index (χ1n) is 9.74. The second-order valence-electron chi connectivity index (χ2n) is 7.12. The van der Waals surface area contributed by atoms with Gasteiger partial charge in [0.2, 0.25) is 5.91 Å². The van der Waals surface area contributed by atoms with Gasteiger partial charge in [-0.05, 0) is 36.2 Å². The van der Waals surface area contributed by atoms with E-state index in [0.29, 0.717) is 23.9 Å². The van der Waals surface area contributed by atoms with Crippen LogP contribution in [0.3, 0.4) is 0 Å². The lowest BCUT2D eigenvalue weighted by Crippen LogP contribution is -2.24. The number of amides is 1. The molecule has 0 spiro atoms. The van der Waals surface area contributed by atoms with Gasteiger partial charge in [-0.1, -0.05) is 83.5 Å². The molecule has 4 nitrogen and oxygen atoms in total. The summed E-state index contributed by atoms with van der Waals surface area (Å²) in [6.45, 7) is 3.22. The Hall–Kier alpha value is -2.76. The molecule has 3 aromatic carbocycles. The van der Waals surface area contributed by atoms with Crippen LogP contribution in [0.15, 0.2) is 78.0 Å². The molecule has 4 rings (SSSR count). The number of benzene rings is 3. The van der Waals surface area contributed by atoms with Crippen LogP contribution in [0.5, 0.6) is 0 Å². The summed E-state index contributed by atoms with van der Waals surface area (Å²) in [5.41, 5.74) is 5.35. The number of nitrogens with one attached hydrogen (secondary N) is 1. The zero-order chi connectivity index (χ0) is 20.9. The number of aryl methyl sites for hydroxylation is 1. The molecule has 1 aromatic heterocycles. The number of imidazole rings is 1. The second-order valence-corrected chi connectivity index (χ2v) is 8.46. The number of para-hydroxylation sites is 2. The molecule has 6 heteroatoms. The maximum atomic E-state index is 12.4. The summed E-state index contributed by atoms with van der Waals surface area (Å²) in [4.78, 5) is 17.2. The molecular weight excluding hydrogens is 414 g/mol. The Kier molecular flexibility index (Phi) is 6.41. The first kappa shape index (κ1) is 20.5. The van der Waals surface area contributed by atoms with Crippen molar-refractivity contribution in [2.45, 2.75) is 25.2 Å². The van der Waals surface area contributed by atoms with Crippen molar-refractivity contribution in [3.8, 4) is 0 Å². The Bertz CT molecular complexity index is 1190. The summed E-state index contributed by atoms with van der Waals surface area (Å²) in [6.07, 6.45) is 0. The third-order valence-electron chi connectivity index (χ3n) is 4.81. The van der Waals surface area contributed by atoms with Gasteiger partial charge < -0.3 is 9.88 Å². The summed E-state index contributed by atoms with van der Waals surface area (Å²) >= 11 is 7.62. The molecule has 1 amide bonds. The van der Waals surface area contributed by atoms with Crippen LogP contribution in [0, 0.1) is 6.92 Å². The van der Waals surface area contributed by atoms with E-state index in [1.165, 1.54) is 22.9 Å². The van der Waals surface area contributed by atoms with Gasteiger partial charge in [0.25, 0.3) is 0 Å². The number of rotatable bonds is 7. The van der Waals surface area contributed by atoms with E-state index < -0.39 is 0 Å². The number of fused-ring (bicyclic) bond motifs is 1. The Morgan fingerprint density at radius 1 is 1.07 bits per heavy atom. The number of thioether (sulfide) groups is 1. The summed E-state index contributed by atoms with van der Waals surface area (Å²) < 4.78 is 2.18. The molecule has 1 heterocycles. The average Bonchev–Trinajstić information content (AvgIpc) is 3.09. The van der Waals surface area contributed by atoms with Gasteiger partial charge in [-0.25, -0.2) is 4.98 Å². The van der Waals surface area contributed by atoms with Gasteiger partial charge in [0.15, 0.2) is 5.16 Å². The molecule has 0 radical (unpaired) electrons. The number of hydrogen-bond donors (Lipinski definition) is 1. The smallest absolute Gasteiger partial charge is 0.230 e. The van der Waals surface area contributed by atoms with Crippen molar-refractivity contribution in [2.24, 2.45) is 0 Å². The van der Waals surface area contributed by atoms with E-state index in [4.69, 9.17) is 16.6 Å². The van der Waals surface area contributed by atoms with Gasteiger partial charge in [0, 0.05) is 11.6 Å². The zero-order valence-electron chi connectivity index (χ0n) is 16.6. The van der Waals surface area contributed by atoms with Gasteiger partial charge in [-0.2, -0.15) is 0 Å². The molecule has 0 atom stereocenters. The fourth-order valence-corrected chi connectivity index (χ4v) is 4.37. The molecular formula is C24H22ClN3OS. The van der Waals surface area contributed by atoms with Crippen molar-refractivity contribution in [3.05, 3.63) is 94.5 Å². The number of nitrogens with zero attached hydrogens (tertiary/aromatic N) is 2. The highest BCUT2D eigenvalue weighted by atomic mass is 35.5. The number of carbonyl (C=O) groups is 1. The summed E-state index contributed by atoms with van der Waals surface area (Å²) in [6, 6.07) is 24.1. The minimum absolute atomic E-state index is 0.0471. The highest BCUT2D eigenvalue weighted by Gasteiger charge is 2.13. The summed E-state index contributed by atoms with van der Waals surface area (Å²) in [7, 11) is 0. The molecule has 30 heavy (non-hydrogen) atoms. The Balaban J connectivity index is 1.48. The number of hydrogen-bond acceptors (Lipinski definition) is 3. The van der Waals surface area contributed by atoms with E-state index in [-0.39, 0.29) is 5.91 Å². The molecule has 152 valence electrons. The van der Waals surface area contributed by atoms with Crippen molar-refractivity contribution < 1.29 is 4.79 Å². The number of halogens is 1. The Morgan fingerprint density at radius 3 is 2.70 bits per heavy atom. The minimum Gasteiger partial charge on any atom is -0.351 e. The lowest BCUT2D eigenvalue weighted by Gasteiger charge is -2.10. The molecule has 0 unspecified atom stereocenters. The molecule has 0 aliphatic rings. The van der Waals surface area contributed by atoms with Crippen molar-refractivity contribution in [2.75, 3.05) is 5.75 Å². The monoisotopic (exact) mass is 435 g/mol. The SMILES string of the molecule is Cc1cccc(Cn2c(SCC(=O)NCc3ccccc3Cl)nc3ccccc32)c1. The van der Waals surface area contributed by atoms with Crippen LogP contribution < -0.4 is 5.32 Å². The van der Waals surface area contributed by atoms with E-state index in [1.54, 1.807) is 0 Å². The first-order valence-corrected chi connectivity index (χ1v) is 11.1. The second kappa shape index (κ2) is 9.37. The molecule has 0 saturated carbocycles. The van der Waals surface area contributed by atoms with Crippen LogP contribution >= 0.6 is 23.4 Å². The van der Waals surface area contributed by atoms with E-state index in [0.717, 1.165) is 21.8 Å². The fraction of sp³-hybridized carbons (Fsp3) is 0.167. The summed E-state index contributed by atoms with van der Waals surface area (Å²) in [5.74, 6) is 0.246. The van der Waals surface area contributed by atoms with Gasteiger partial charge in [-0.3, -0.25) is 4.79 Å². The standard InChI is InChI=1S/C24H22ClN3OS/c1-17-7-6-8-18(13-17)15-28-22-12-5-4-11-21(22)27-24(28)30-16-23(29)26-14-19-9-2-3-10-20(19)25/h2-13H,14-16H2,1H3,(H,26,29). The number of aromatic nitrogens is 2. The highest BCUT2D eigenvalue weighted by molar-refractivity contribution is 7.99. The molecule has 1 N–H and O–H groups in total. The molecule has 0 aliphatic carbocycles. The van der Waals surface area contributed by atoms with Crippen LogP contribution in [-0.4, -0.2) is 21.2 Å². The molecule has 0 aliphatic heterocycles. The molecule has 0 fully saturated rings. The normalized spacial score (nSPS) is 11.0. The lowest BCUT2D eigenvalue weighted by molar-refractivity contribution is -0.118. The lowest BCUT2D eigenvalue weighted by atomic mass is 10.1. The van der Waals surface area contributed by atoms with E-state index in [1.807, 2.05) is 42.5 Å². The highest BCUT2D eigenvalue weighted by Crippen LogP contribution is 2.25. The predicted octanol–water partition coefficient (Wildman–Crippen LogP) is 5.45. The van der Waals surface area contributed by atoms with Crippen molar-refractivity contribution in [1.29, 1.82) is 0 Å². The fourth-order valence-electron chi connectivity index (χ4n) is 3.33. The van der Waals surface area contributed by atoms with E-state index >= 15 is 0 Å². The van der Waals surface area contributed by atoms with Crippen LogP contribution in [0.4, 0.5) is 0 Å². The Morgan fingerprint density at radius 2 is 1.87 bits per heavy atom. The third-order valence-corrected chi connectivity index (χ3v) is 6.15. The van der Waals surface area contributed by atoms with Crippen LogP contribution in [-0.2, 0) is 17.9 Å². The van der Waals surface area contributed by atoms with E-state index in [9.17, 15) is 4.79 Å². The molecule has 0 bridgehead atoms. The average molecular weight is 436 g/mol. The maximum Gasteiger partial charge on any atom is 0.230 e. The van der Waals surface area contributed by atoms with E-state index in [2.05, 4.69) is 47.1 Å². The van der Waals surface area contributed by atoms with Gasteiger partial charge in [0.1, 0.15) is 0 Å². The van der Waals surface area contributed by atoms with Crippen LogP contribution in [0.2, 0.25) is 5.02 Å². The number of carbonyl (C=O) groups excluding carboxylic acids is 1.